The summed E-state index contributed by atoms with van der Waals surface area (Å²) in [6, 6.07) is 19.9. The van der Waals surface area contributed by atoms with Crippen LogP contribution in [0.2, 0.25) is 0 Å². The first kappa shape index (κ1) is 17.4. The molecule has 0 radical (unpaired) electrons. The molecular weight excluding hydrogens is 276 g/mol. The van der Waals surface area contributed by atoms with Gasteiger partial charge in [-0.3, -0.25) is 4.79 Å². The van der Waals surface area contributed by atoms with Crippen molar-refractivity contribution in [2.24, 2.45) is 0 Å². The molecule has 3 nitrogen and oxygen atoms in total. The Bertz CT molecular complexity index is 548. The number of benzene rings is 2. The number of hydrogen-bond donors (Lipinski definition) is 2. The average Bonchev–Trinajstić information content (AvgIpc) is 2.52. The molecule has 3 heteroatoms. The highest BCUT2D eigenvalue weighted by Crippen LogP contribution is 2.05. The van der Waals surface area contributed by atoms with E-state index in [1.54, 1.807) is 12.2 Å². The van der Waals surface area contributed by atoms with E-state index in [9.17, 15) is 5.11 Å². The Kier molecular flexibility index (Phi) is 8.01. The number of aliphatic carboxylic acids is 1. The standard InChI is InChI=1S/C17H16O.C2H4O2/c18-17(13-11-15-7-3-1-4-8-15)14-12-16-9-5-2-6-10-16;1-2(3)4/h1-14,17-18H;1H3,(H,3,4). The highest BCUT2D eigenvalue weighted by Gasteiger charge is 1.92. The fraction of sp³-hybridized carbons (Fsp3) is 0.105. The third-order valence-corrected chi connectivity index (χ3v) is 2.57. The van der Waals surface area contributed by atoms with Crippen LogP contribution >= 0.6 is 0 Å². The maximum atomic E-state index is 9.80. The summed E-state index contributed by atoms with van der Waals surface area (Å²) in [5.41, 5.74) is 2.18. The average molecular weight is 296 g/mol. The predicted octanol–water partition coefficient (Wildman–Crippen LogP) is 3.87. The minimum absolute atomic E-state index is 0.564. The van der Waals surface area contributed by atoms with E-state index < -0.39 is 12.1 Å². The molecule has 2 rings (SSSR count). The molecule has 0 saturated carbocycles. The summed E-state index contributed by atoms with van der Waals surface area (Å²) in [6.07, 6.45) is 6.81. The summed E-state index contributed by atoms with van der Waals surface area (Å²) in [7, 11) is 0. The van der Waals surface area contributed by atoms with Crippen LogP contribution in [0, 0.1) is 0 Å². The fourth-order valence-electron chi connectivity index (χ4n) is 1.61. The summed E-state index contributed by atoms with van der Waals surface area (Å²) in [5.74, 6) is -0.833. The van der Waals surface area contributed by atoms with Crippen molar-refractivity contribution in [3.8, 4) is 0 Å². The molecule has 0 aliphatic rings. The van der Waals surface area contributed by atoms with Crippen LogP contribution < -0.4 is 0 Å². The van der Waals surface area contributed by atoms with Gasteiger partial charge in [-0.25, -0.2) is 0 Å². The lowest BCUT2D eigenvalue weighted by Crippen LogP contribution is -1.95. The van der Waals surface area contributed by atoms with Crippen molar-refractivity contribution < 1.29 is 15.0 Å². The van der Waals surface area contributed by atoms with Crippen LogP contribution in [-0.2, 0) is 4.79 Å². The van der Waals surface area contributed by atoms with Crippen molar-refractivity contribution in [3.63, 3.8) is 0 Å². The number of carboxylic acid groups (broad SMARTS) is 1. The minimum Gasteiger partial charge on any atom is -0.481 e. The molecule has 0 amide bonds. The van der Waals surface area contributed by atoms with Gasteiger partial charge in [-0.1, -0.05) is 85.0 Å². The molecule has 0 fully saturated rings. The predicted molar refractivity (Wildman–Crippen MR) is 90.3 cm³/mol. The Morgan fingerprint density at radius 1 is 0.864 bits per heavy atom. The lowest BCUT2D eigenvalue weighted by Gasteiger charge is -1.98. The van der Waals surface area contributed by atoms with Crippen molar-refractivity contribution in [1.82, 2.24) is 0 Å². The van der Waals surface area contributed by atoms with E-state index >= 15 is 0 Å². The van der Waals surface area contributed by atoms with E-state index in [-0.39, 0.29) is 0 Å². The van der Waals surface area contributed by atoms with E-state index in [2.05, 4.69) is 0 Å². The van der Waals surface area contributed by atoms with Gasteiger partial charge in [0.05, 0.1) is 6.10 Å². The van der Waals surface area contributed by atoms with Crippen molar-refractivity contribution in [1.29, 1.82) is 0 Å². The van der Waals surface area contributed by atoms with Gasteiger partial charge in [0, 0.05) is 6.92 Å². The number of rotatable bonds is 4. The van der Waals surface area contributed by atoms with E-state index in [1.165, 1.54) is 0 Å². The number of carboxylic acids is 1. The molecule has 0 aliphatic heterocycles. The summed E-state index contributed by atoms with van der Waals surface area (Å²) in [6.45, 7) is 1.08. The summed E-state index contributed by atoms with van der Waals surface area (Å²) in [5, 5.41) is 17.2. The van der Waals surface area contributed by atoms with E-state index in [0.717, 1.165) is 18.1 Å². The molecule has 0 aliphatic carbocycles. The SMILES string of the molecule is CC(=O)O.OC(C=Cc1ccccc1)C=Cc1ccccc1. The Morgan fingerprint density at radius 2 is 1.18 bits per heavy atom. The third kappa shape index (κ3) is 8.51. The first-order chi connectivity index (χ1) is 10.6. The first-order valence-corrected chi connectivity index (χ1v) is 6.92. The Morgan fingerprint density at radius 3 is 1.50 bits per heavy atom. The highest BCUT2D eigenvalue weighted by atomic mass is 16.4. The van der Waals surface area contributed by atoms with Gasteiger partial charge in [-0.2, -0.15) is 0 Å². The van der Waals surface area contributed by atoms with E-state index in [0.29, 0.717) is 0 Å². The van der Waals surface area contributed by atoms with Gasteiger partial charge in [0.1, 0.15) is 0 Å². The zero-order chi connectivity index (χ0) is 16.2. The van der Waals surface area contributed by atoms with Crippen molar-refractivity contribution >= 4 is 18.1 Å². The van der Waals surface area contributed by atoms with Crippen LogP contribution in [0.5, 0.6) is 0 Å². The van der Waals surface area contributed by atoms with Crippen LogP contribution in [0.4, 0.5) is 0 Å². The van der Waals surface area contributed by atoms with Crippen molar-refractivity contribution in [2.45, 2.75) is 13.0 Å². The second-order valence-corrected chi connectivity index (χ2v) is 4.55. The lowest BCUT2D eigenvalue weighted by molar-refractivity contribution is -0.134. The molecular formula is C19H20O3. The van der Waals surface area contributed by atoms with E-state index in [1.807, 2.05) is 72.8 Å². The molecule has 0 heterocycles. The molecule has 0 spiro atoms. The molecule has 0 saturated heterocycles. The van der Waals surface area contributed by atoms with Gasteiger partial charge >= 0.3 is 0 Å². The number of hydrogen-bond acceptors (Lipinski definition) is 2. The summed E-state index contributed by atoms with van der Waals surface area (Å²) in [4.78, 5) is 9.00. The normalized spacial score (nSPS) is 11.9. The van der Waals surface area contributed by atoms with Crippen LogP contribution in [-0.4, -0.2) is 22.3 Å². The quantitative estimate of drug-likeness (QED) is 0.900. The molecule has 2 aromatic carbocycles. The van der Waals surface area contributed by atoms with Crippen molar-refractivity contribution in [2.75, 3.05) is 0 Å². The molecule has 0 bridgehead atoms. The van der Waals surface area contributed by atoms with Crippen molar-refractivity contribution in [3.05, 3.63) is 83.9 Å². The Hall–Kier alpha value is -2.65. The van der Waals surface area contributed by atoms with Gasteiger partial charge in [0.15, 0.2) is 0 Å². The second kappa shape index (κ2) is 10.1. The van der Waals surface area contributed by atoms with Crippen LogP contribution in [0.25, 0.3) is 12.2 Å². The minimum atomic E-state index is -0.833. The van der Waals surface area contributed by atoms with Gasteiger partial charge in [-0.15, -0.1) is 0 Å². The maximum absolute atomic E-state index is 9.80. The van der Waals surface area contributed by atoms with Gasteiger partial charge < -0.3 is 10.2 Å². The largest absolute Gasteiger partial charge is 0.481 e. The summed E-state index contributed by atoms with van der Waals surface area (Å²) >= 11 is 0. The molecule has 2 aromatic rings. The summed E-state index contributed by atoms with van der Waals surface area (Å²) < 4.78 is 0. The number of aliphatic hydroxyl groups is 1. The van der Waals surface area contributed by atoms with Gasteiger partial charge in [-0.05, 0) is 11.1 Å². The Balaban J connectivity index is 0.000000541. The number of aliphatic hydroxyl groups excluding tert-OH is 1. The van der Waals surface area contributed by atoms with Gasteiger partial charge in [0.25, 0.3) is 5.97 Å². The van der Waals surface area contributed by atoms with Crippen LogP contribution in [0.15, 0.2) is 72.8 Å². The Labute approximate surface area is 130 Å². The zero-order valence-electron chi connectivity index (χ0n) is 12.5. The fourth-order valence-corrected chi connectivity index (χ4v) is 1.61. The van der Waals surface area contributed by atoms with E-state index in [4.69, 9.17) is 9.90 Å². The molecule has 2 N–H and O–H groups in total. The van der Waals surface area contributed by atoms with Crippen LogP contribution in [0.3, 0.4) is 0 Å². The maximum Gasteiger partial charge on any atom is 0.300 e. The molecule has 0 unspecified atom stereocenters. The highest BCUT2D eigenvalue weighted by molar-refractivity contribution is 5.63. The van der Waals surface area contributed by atoms with Gasteiger partial charge in [0.2, 0.25) is 0 Å². The molecule has 114 valence electrons. The molecule has 22 heavy (non-hydrogen) atoms. The second-order valence-electron chi connectivity index (χ2n) is 4.55. The molecule has 0 atom stereocenters. The molecule has 0 aromatic heterocycles. The zero-order valence-corrected chi connectivity index (χ0v) is 12.5. The van der Waals surface area contributed by atoms with Crippen LogP contribution in [0.1, 0.15) is 18.1 Å². The topological polar surface area (TPSA) is 57.5 Å². The lowest BCUT2D eigenvalue weighted by atomic mass is 10.1. The first-order valence-electron chi connectivity index (χ1n) is 6.92. The number of carbonyl (C=O) groups is 1. The monoisotopic (exact) mass is 296 g/mol. The third-order valence-electron chi connectivity index (χ3n) is 2.57. The smallest absolute Gasteiger partial charge is 0.300 e.